The minimum absolute atomic E-state index is 0.0484. The van der Waals surface area contributed by atoms with Gasteiger partial charge in [-0.05, 0) is 31.5 Å². The second kappa shape index (κ2) is 7.38. The molecular weight excluding hydrogens is 330 g/mol. The fourth-order valence-electron chi connectivity index (χ4n) is 2.76. The smallest absolute Gasteiger partial charge is 0.253 e. The first-order valence-electron chi connectivity index (χ1n) is 8.60. The largest absolute Gasteiger partial charge is 0.383 e. The maximum absolute atomic E-state index is 12.3. The average molecular weight is 353 g/mol. The molecule has 0 saturated heterocycles. The van der Waals surface area contributed by atoms with Crippen LogP contribution in [-0.2, 0) is 13.6 Å². The highest BCUT2D eigenvalue weighted by atomic mass is 16.2. The number of nitrogens with zero attached hydrogens (tertiary/aromatic N) is 5. The number of rotatable bonds is 6. The maximum atomic E-state index is 12.3. The molecule has 0 bridgehead atoms. The van der Waals surface area contributed by atoms with E-state index in [1.165, 1.54) is 0 Å². The van der Waals surface area contributed by atoms with Gasteiger partial charge in [0.15, 0.2) is 5.65 Å². The molecule has 0 saturated carbocycles. The number of nitrogens with two attached hydrogens (primary N) is 1. The van der Waals surface area contributed by atoms with Crippen molar-refractivity contribution in [3.63, 3.8) is 0 Å². The van der Waals surface area contributed by atoms with Crippen LogP contribution in [0.2, 0.25) is 0 Å². The average Bonchev–Trinajstić information content (AvgIpc) is 3.03. The normalized spacial score (nSPS) is 10.9. The van der Waals surface area contributed by atoms with Crippen molar-refractivity contribution in [3.8, 4) is 0 Å². The summed E-state index contributed by atoms with van der Waals surface area (Å²) < 4.78 is 1.66. The highest BCUT2D eigenvalue weighted by Gasteiger charge is 2.12. The lowest BCUT2D eigenvalue weighted by atomic mass is 10.1. The van der Waals surface area contributed by atoms with Crippen LogP contribution in [0.25, 0.3) is 11.0 Å². The van der Waals surface area contributed by atoms with Crippen LogP contribution >= 0.6 is 0 Å². The summed E-state index contributed by atoms with van der Waals surface area (Å²) in [4.78, 5) is 22.8. The second-order valence-electron chi connectivity index (χ2n) is 5.97. The summed E-state index contributed by atoms with van der Waals surface area (Å²) in [6.07, 6.45) is 1.65. The summed E-state index contributed by atoms with van der Waals surface area (Å²) >= 11 is 0. The number of hydrogen-bond acceptors (Lipinski definition) is 6. The number of nitrogen functional groups attached to an aromatic ring is 1. The number of fused-ring (bicyclic) bond motifs is 1. The number of amides is 1. The molecule has 0 unspecified atom stereocenters. The molecule has 1 aromatic carbocycles. The number of carbonyl (C=O) groups excluding carboxylic acids is 1. The van der Waals surface area contributed by atoms with E-state index < -0.39 is 0 Å². The van der Waals surface area contributed by atoms with Crippen molar-refractivity contribution in [3.05, 3.63) is 41.6 Å². The molecule has 26 heavy (non-hydrogen) atoms. The van der Waals surface area contributed by atoms with E-state index in [0.29, 0.717) is 42.6 Å². The maximum Gasteiger partial charge on any atom is 0.253 e. The Kier molecular flexibility index (Phi) is 5.01. The number of nitrogens with one attached hydrogen (secondary N) is 1. The Hall–Kier alpha value is -3.16. The first kappa shape index (κ1) is 17.7. The Morgan fingerprint density at radius 2 is 1.88 bits per heavy atom. The van der Waals surface area contributed by atoms with Crippen LogP contribution in [0.5, 0.6) is 0 Å². The monoisotopic (exact) mass is 353 g/mol. The Morgan fingerprint density at radius 3 is 2.54 bits per heavy atom. The van der Waals surface area contributed by atoms with Crippen molar-refractivity contribution < 1.29 is 4.79 Å². The summed E-state index contributed by atoms with van der Waals surface area (Å²) in [5.41, 5.74) is 8.35. The van der Waals surface area contributed by atoms with Crippen LogP contribution in [0.15, 0.2) is 30.5 Å². The van der Waals surface area contributed by atoms with Crippen molar-refractivity contribution in [2.75, 3.05) is 24.1 Å². The number of hydrogen-bond donors (Lipinski definition) is 2. The fraction of sp³-hybridized carbons (Fsp3) is 0.333. The van der Waals surface area contributed by atoms with Gasteiger partial charge in [-0.1, -0.05) is 12.1 Å². The third-order valence-corrected chi connectivity index (χ3v) is 4.32. The third-order valence-electron chi connectivity index (χ3n) is 4.32. The minimum Gasteiger partial charge on any atom is -0.383 e. The van der Waals surface area contributed by atoms with Crippen LogP contribution < -0.4 is 11.1 Å². The molecule has 0 aliphatic rings. The van der Waals surface area contributed by atoms with Gasteiger partial charge in [-0.3, -0.25) is 9.48 Å². The predicted octanol–water partition coefficient (Wildman–Crippen LogP) is 2.04. The summed E-state index contributed by atoms with van der Waals surface area (Å²) in [7, 11) is 1.81. The van der Waals surface area contributed by atoms with Gasteiger partial charge in [0.2, 0.25) is 5.95 Å². The van der Waals surface area contributed by atoms with Gasteiger partial charge in [0.05, 0.1) is 11.6 Å². The molecule has 3 rings (SSSR count). The topological polar surface area (TPSA) is 102 Å². The van der Waals surface area contributed by atoms with E-state index in [9.17, 15) is 4.79 Å². The van der Waals surface area contributed by atoms with Gasteiger partial charge >= 0.3 is 0 Å². The van der Waals surface area contributed by atoms with Gasteiger partial charge in [0, 0.05) is 32.2 Å². The van der Waals surface area contributed by atoms with Crippen LogP contribution in [0.1, 0.15) is 29.8 Å². The predicted molar refractivity (Wildman–Crippen MR) is 102 cm³/mol. The van der Waals surface area contributed by atoms with Crippen LogP contribution in [0.4, 0.5) is 11.8 Å². The van der Waals surface area contributed by atoms with Crippen molar-refractivity contribution in [1.82, 2.24) is 24.6 Å². The lowest BCUT2D eigenvalue weighted by Crippen LogP contribution is -2.30. The van der Waals surface area contributed by atoms with Crippen LogP contribution in [0, 0.1) is 0 Å². The number of anilines is 2. The molecule has 3 N–H and O–H groups in total. The molecule has 2 aromatic heterocycles. The summed E-state index contributed by atoms with van der Waals surface area (Å²) in [6.45, 7) is 5.89. The van der Waals surface area contributed by atoms with E-state index in [1.807, 2.05) is 45.2 Å². The van der Waals surface area contributed by atoms with Gasteiger partial charge in [-0.15, -0.1) is 0 Å². The zero-order valence-electron chi connectivity index (χ0n) is 15.2. The van der Waals surface area contributed by atoms with E-state index in [0.717, 1.165) is 10.9 Å². The molecule has 0 spiro atoms. The molecule has 1 amide bonds. The Balaban J connectivity index is 1.70. The van der Waals surface area contributed by atoms with Crippen molar-refractivity contribution in [2.45, 2.75) is 20.4 Å². The molecule has 0 aliphatic heterocycles. The molecule has 2 heterocycles. The summed E-state index contributed by atoms with van der Waals surface area (Å²) in [6, 6.07) is 7.54. The molecule has 8 heteroatoms. The molecule has 0 atom stereocenters. The van der Waals surface area contributed by atoms with Crippen molar-refractivity contribution >= 4 is 28.7 Å². The third kappa shape index (κ3) is 3.44. The SMILES string of the molecule is CCN(CC)C(=O)c1ccc(CNc2nc(N)c3cnn(C)c3n2)cc1. The standard InChI is InChI=1S/C18H23N7O/c1-4-25(5-2)17(26)13-8-6-12(7-9-13)10-20-18-22-15(19)14-11-21-24(3)16(14)23-18/h6-9,11H,4-5,10H2,1-3H3,(H3,19,20,22,23). The summed E-state index contributed by atoms with van der Waals surface area (Å²) in [5.74, 6) is 0.889. The molecule has 3 aromatic rings. The zero-order chi connectivity index (χ0) is 18.7. The molecule has 8 nitrogen and oxygen atoms in total. The van der Waals surface area contributed by atoms with Crippen LogP contribution in [0.3, 0.4) is 0 Å². The lowest BCUT2D eigenvalue weighted by molar-refractivity contribution is 0.0773. The van der Waals surface area contributed by atoms with E-state index >= 15 is 0 Å². The molecular formula is C18H23N7O. The fourth-order valence-corrected chi connectivity index (χ4v) is 2.76. The first-order valence-corrected chi connectivity index (χ1v) is 8.60. The van der Waals surface area contributed by atoms with E-state index in [-0.39, 0.29) is 5.91 Å². The van der Waals surface area contributed by atoms with E-state index in [2.05, 4.69) is 20.4 Å². The first-order chi connectivity index (χ1) is 12.5. The second-order valence-corrected chi connectivity index (χ2v) is 5.97. The van der Waals surface area contributed by atoms with Crippen LogP contribution in [-0.4, -0.2) is 43.6 Å². The van der Waals surface area contributed by atoms with E-state index in [4.69, 9.17) is 5.73 Å². The Morgan fingerprint density at radius 1 is 1.19 bits per heavy atom. The number of aryl methyl sites for hydroxylation is 1. The number of benzene rings is 1. The van der Waals surface area contributed by atoms with Gasteiger partial charge in [-0.25, -0.2) is 0 Å². The van der Waals surface area contributed by atoms with Gasteiger partial charge < -0.3 is 16.0 Å². The Labute approximate surface area is 152 Å². The van der Waals surface area contributed by atoms with Gasteiger partial charge in [0.1, 0.15) is 5.82 Å². The summed E-state index contributed by atoms with van der Waals surface area (Å²) in [5, 5.41) is 8.04. The van der Waals surface area contributed by atoms with Gasteiger partial charge in [-0.2, -0.15) is 15.1 Å². The van der Waals surface area contributed by atoms with E-state index in [1.54, 1.807) is 15.8 Å². The number of aromatic nitrogens is 4. The molecule has 0 fully saturated rings. The highest BCUT2D eigenvalue weighted by Crippen LogP contribution is 2.18. The minimum atomic E-state index is 0.0484. The highest BCUT2D eigenvalue weighted by molar-refractivity contribution is 5.94. The molecule has 0 aliphatic carbocycles. The molecule has 136 valence electrons. The Bertz CT molecular complexity index is 913. The zero-order valence-corrected chi connectivity index (χ0v) is 15.2. The quantitative estimate of drug-likeness (QED) is 0.703. The molecule has 0 radical (unpaired) electrons. The van der Waals surface area contributed by atoms with Gasteiger partial charge in [0.25, 0.3) is 5.91 Å². The van der Waals surface area contributed by atoms with Crippen molar-refractivity contribution in [1.29, 1.82) is 0 Å². The lowest BCUT2D eigenvalue weighted by Gasteiger charge is -2.18. The number of carbonyl (C=O) groups is 1. The van der Waals surface area contributed by atoms with Crippen molar-refractivity contribution in [2.24, 2.45) is 7.05 Å².